The van der Waals surface area contributed by atoms with Gasteiger partial charge in [0.25, 0.3) is 0 Å². The first-order chi connectivity index (χ1) is 14.2. The second-order valence-corrected chi connectivity index (χ2v) is 9.10. The number of alkyl halides is 3. The van der Waals surface area contributed by atoms with E-state index in [0.29, 0.717) is 31.6 Å². The molecule has 1 saturated heterocycles. The number of nitrogens with one attached hydrogen (secondary N) is 2. The van der Waals surface area contributed by atoms with Crippen molar-refractivity contribution in [1.82, 2.24) is 9.62 Å². The van der Waals surface area contributed by atoms with Crippen LogP contribution in [0.5, 0.6) is 0 Å². The molecule has 30 heavy (non-hydrogen) atoms. The van der Waals surface area contributed by atoms with Gasteiger partial charge >= 0.3 is 12.2 Å². The highest BCUT2D eigenvalue weighted by Crippen LogP contribution is 2.53. The molecule has 1 heterocycles. The Morgan fingerprint density at radius 3 is 2.60 bits per heavy atom. The van der Waals surface area contributed by atoms with Gasteiger partial charge in [-0.3, -0.25) is 0 Å². The Labute approximate surface area is 173 Å². The van der Waals surface area contributed by atoms with Crippen molar-refractivity contribution in [2.75, 3.05) is 18.4 Å². The van der Waals surface area contributed by atoms with Crippen LogP contribution in [-0.2, 0) is 17.2 Å². The first kappa shape index (κ1) is 20.8. The molecule has 5 nitrogen and oxygen atoms in total. The molecule has 2 aliphatic rings. The van der Waals surface area contributed by atoms with E-state index < -0.39 is 34.6 Å². The van der Waals surface area contributed by atoms with Crippen molar-refractivity contribution in [3.05, 3.63) is 59.9 Å². The van der Waals surface area contributed by atoms with E-state index in [1.54, 1.807) is 4.31 Å². The fraction of sp³-hybridized carbons (Fsp3) is 0.350. The van der Waals surface area contributed by atoms with E-state index in [1.165, 1.54) is 36.4 Å². The molecule has 3 atom stereocenters. The number of nitrogens with zero attached hydrogens (tertiary/aromatic N) is 1. The first-order valence-electron chi connectivity index (χ1n) is 9.33. The van der Waals surface area contributed by atoms with Gasteiger partial charge in [-0.05, 0) is 55.3 Å². The molecule has 1 saturated carbocycles. The van der Waals surface area contributed by atoms with Crippen molar-refractivity contribution < 1.29 is 26.6 Å². The van der Waals surface area contributed by atoms with Gasteiger partial charge in [0.15, 0.2) is 0 Å². The lowest BCUT2D eigenvalue weighted by Crippen LogP contribution is -2.34. The van der Waals surface area contributed by atoms with Crippen LogP contribution in [0.1, 0.15) is 18.4 Å². The topological polar surface area (TPSA) is 61.4 Å². The lowest BCUT2D eigenvalue weighted by molar-refractivity contribution is -0.137. The zero-order valence-electron chi connectivity index (χ0n) is 15.7. The fourth-order valence-corrected chi connectivity index (χ4v) is 5.14. The van der Waals surface area contributed by atoms with Gasteiger partial charge in [-0.1, -0.05) is 6.07 Å². The van der Waals surface area contributed by atoms with Crippen LogP contribution in [0, 0.1) is 11.2 Å². The van der Waals surface area contributed by atoms with Crippen molar-refractivity contribution in [1.29, 1.82) is 0 Å². The lowest BCUT2D eigenvalue weighted by Gasteiger charge is -2.17. The third kappa shape index (κ3) is 4.34. The number of amides is 2. The number of hydrogen-bond donors (Lipinski definition) is 2. The summed E-state index contributed by atoms with van der Waals surface area (Å²) in [5.74, 6) is -0.401. The molecule has 2 aromatic carbocycles. The van der Waals surface area contributed by atoms with E-state index in [0.717, 1.165) is 12.1 Å². The van der Waals surface area contributed by atoms with Crippen LogP contribution in [0.4, 0.5) is 28.0 Å². The SMILES string of the molecule is O=C(Nc1ccc(F)cc1)N[C@H]1CC12CCN(S(=O)c1cccc(C(F)(F)F)c1)C2. The summed E-state index contributed by atoms with van der Waals surface area (Å²) < 4.78 is 66.1. The summed E-state index contributed by atoms with van der Waals surface area (Å²) in [5, 5.41) is 5.49. The van der Waals surface area contributed by atoms with E-state index in [-0.39, 0.29) is 16.4 Å². The third-order valence-electron chi connectivity index (χ3n) is 5.54. The summed E-state index contributed by atoms with van der Waals surface area (Å²) >= 11 is 0. The van der Waals surface area contributed by atoms with E-state index >= 15 is 0 Å². The average molecular weight is 441 g/mol. The number of rotatable bonds is 4. The smallest absolute Gasteiger partial charge is 0.335 e. The number of benzene rings is 2. The zero-order valence-corrected chi connectivity index (χ0v) is 16.5. The Bertz CT molecular complexity index is 983. The maximum absolute atomic E-state index is 12.9. The van der Waals surface area contributed by atoms with Gasteiger partial charge in [-0.15, -0.1) is 0 Å². The number of carbonyl (C=O) groups is 1. The molecule has 2 N–H and O–H groups in total. The fourth-order valence-electron chi connectivity index (χ4n) is 3.79. The predicted octanol–water partition coefficient (Wildman–Crippen LogP) is 4.15. The van der Waals surface area contributed by atoms with E-state index in [9.17, 15) is 26.6 Å². The second-order valence-electron chi connectivity index (χ2n) is 7.61. The molecule has 2 aromatic rings. The largest absolute Gasteiger partial charge is 0.416 e. The minimum absolute atomic E-state index is 0.110. The Kier molecular flexibility index (Phi) is 5.31. The molecule has 0 aromatic heterocycles. The Morgan fingerprint density at radius 1 is 1.17 bits per heavy atom. The average Bonchev–Trinajstić information content (AvgIpc) is 3.16. The van der Waals surface area contributed by atoms with Crippen molar-refractivity contribution in [3.63, 3.8) is 0 Å². The molecule has 160 valence electrons. The molecule has 0 bridgehead atoms. The predicted molar refractivity (Wildman–Crippen MR) is 103 cm³/mol. The molecule has 4 rings (SSSR count). The number of urea groups is 1. The second kappa shape index (κ2) is 7.66. The minimum Gasteiger partial charge on any atom is -0.335 e. The molecule has 10 heteroatoms. The Morgan fingerprint density at radius 2 is 1.90 bits per heavy atom. The maximum atomic E-state index is 12.9. The van der Waals surface area contributed by atoms with Crippen molar-refractivity contribution in [2.24, 2.45) is 5.41 Å². The molecule has 0 radical (unpaired) electrons. The van der Waals surface area contributed by atoms with Crippen LogP contribution in [0.3, 0.4) is 0 Å². The highest BCUT2D eigenvalue weighted by atomic mass is 32.2. The number of anilines is 1. The van der Waals surface area contributed by atoms with Gasteiger partial charge in [0, 0.05) is 30.2 Å². The number of halogens is 4. The summed E-state index contributed by atoms with van der Waals surface area (Å²) in [6.45, 7) is 0.901. The van der Waals surface area contributed by atoms with Crippen molar-refractivity contribution in [2.45, 2.75) is 30.0 Å². The molecule has 2 fully saturated rings. The molecule has 1 aliphatic heterocycles. The summed E-state index contributed by atoms with van der Waals surface area (Å²) in [7, 11) is -1.70. The van der Waals surface area contributed by atoms with E-state index in [1.807, 2.05) is 0 Å². The summed E-state index contributed by atoms with van der Waals surface area (Å²) in [4.78, 5) is 12.3. The highest BCUT2D eigenvalue weighted by Gasteiger charge is 2.59. The van der Waals surface area contributed by atoms with Crippen LogP contribution in [0.2, 0.25) is 0 Å². The van der Waals surface area contributed by atoms with Gasteiger partial charge in [0.2, 0.25) is 0 Å². The van der Waals surface area contributed by atoms with Crippen molar-refractivity contribution in [3.8, 4) is 0 Å². The van der Waals surface area contributed by atoms with Crippen LogP contribution in [0.15, 0.2) is 53.4 Å². The Hall–Kier alpha value is -2.46. The zero-order chi connectivity index (χ0) is 21.5. The normalized spacial score (nSPS) is 24.6. The molecular weight excluding hydrogens is 422 g/mol. The van der Waals surface area contributed by atoms with Gasteiger partial charge in [0.1, 0.15) is 16.8 Å². The van der Waals surface area contributed by atoms with Gasteiger partial charge < -0.3 is 10.6 Å². The van der Waals surface area contributed by atoms with E-state index in [4.69, 9.17) is 0 Å². The maximum Gasteiger partial charge on any atom is 0.416 e. The Balaban J connectivity index is 1.34. The van der Waals surface area contributed by atoms with Gasteiger partial charge in [-0.2, -0.15) is 13.2 Å². The molecule has 2 amide bonds. The van der Waals surface area contributed by atoms with Crippen LogP contribution >= 0.6 is 0 Å². The molecule has 2 unspecified atom stereocenters. The summed E-state index contributed by atoms with van der Waals surface area (Å²) in [6.07, 6.45) is -3.09. The number of hydrogen-bond acceptors (Lipinski definition) is 2. The third-order valence-corrected chi connectivity index (χ3v) is 6.98. The van der Waals surface area contributed by atoms with Crippen LogP contribution < -0.4 is 10.6 Å². The first-order valence-corrected chi connectivity index (χ1v) is 10.4. The lowest BCUT2D eigenvalue weighted by atomic mass is 10.1. The van der Waals surface area contributed by atoms with Crippen LogP contribution in [-0.4, -0.2) is 33.7 Å². The summed E-state index contributed by atoms with van der Waals surface area (Å²) in [6, 6.07) is 9.41. The summed E-state index contributed by atoms with van der Waals surface area (Å²) in [5.41, 5.74) is -0.592. The quantitative estimate of drug-likeness (QED) is 0.701. The van der Waals surface area contributed by atoms with Gasteiger partial charge in [-0.25, -0.2) is 17.7 Å². The molecular formula is C20H19F4N3O2S. The molecule has 1 aliphatic carbocycles. The highest BCUT2D eigenvalue weighted by molar-refractivity contribution is 7.82. The molecule has 1 spiro atoms. The number of carbonyl (C=O) groups excluding carboxylic acids is 1. The van der Waals surface area contributed by atoms with Crippen molar-refractivity contribution >= 4 is 22.7 Å². The standard InChI is InChI=1S/C20H19F4N3O2S/c21-14-4-6-15(7-5-14)25-18(28)26-17-11-19(17)8-9-27(12-19)30(29)16-3-1-2-13(10-16)20(22,23)24/h1-7,10,17H,8-9,11-12H2,(H2,25,26,28)/t17-,19?,30?/m0/s1. The van der Waals surface area contributed by atoms with Gasteiger partial charge in [0.05, 0.1) is 10.5 Å². The van der Waals surface area contributed by atoms with Crippen LogP contribution in [0.25, 0.3) is 0 Å². The minimum atomic E-state index is -4.49. The van der Waals surface area contributed by atoms with E-state index in [2.05, 4.69) is 10.6 Å². The monoisotopic (exact) mass is 441 g/mol.